The Hall–Kier alpha value is -3.87. The molecule has 4 heterocycles. The van der Waals surface area contributed by atoms with Crippen LogP contribution in [-0.4, -0.2) is 28.3 Å². The highest BCUT2D eigenvalue weighted by Crippen LogP contribution is 2.21. The highest BCUT2D eigenvalue weighted by Gasteiger charge is 2.21. The molecule has 0 N–H and O–H groups in total. The van der Waals surface area contributed by atoms with Crippen molar-refractivity contribution in [3.05, 3.63) is 95.1 Å². The van der Waals surface area contributed by atoms with Crippen LogP contribution in [0.15, 0.2) is 78.1 Å². The zero-order valence-corrected chi connectivity index (χ0v) is 16.2. The summed E-state index contributed by atoms with van der Waals surface area (Å²) >= 11 is 0. The molecule has 4 aromatic heterocycles. The summed E-state index contributed by atoms with van der Waals surface area (Å²) in [5.41, 5.74) is 4.01. The molecule has 0 amide bonds. The SMILES string of the molecule is Cc1c(-c2nccn2Cc2cn3ccccc3n2)c(=O)n(-c2ccccc2)n1C. The summed E-state index contributed by atoms with van der Waals surface area (Å²) in [6, 6.07) is 15.5. The molecular weight excluding hydrogens is 364 g/mol. The number of pyridine rings is 1. The molecule has 0 radical (unpaired) electrons. The van der Waals surface area contributed by atoms with Gasteiger partial charge in [-0.05, 0) is 31.2 Å². The molecule has 5 aromatic rings. The van der Waals surface area contributed by atoms with E-state index >= 15 is 0 Å². The molecule has 0 unspecified atom stereocenters. The lowest BCUT2D eigenvalue weighted by molar-refractivity contribution is 0.630. The first kappa shape index (κ1) is 17.2. The van der Waals surface area contributed by atoms with Crippen LogP contribution in [-0.2, 0) is 13.6 Å². The molecule has 7 heteroatoms. The van der Waals surface area contributed by atoms with E-state index in [0.717, 1.165) is 22.7 Å². The van der Waals surface area contributed by atoms with Gasteiger partial charge in [0.2, 0.25) is 0 Å². The molecule has 0 spiro atoms. The topological polar surface area (TPSA) is 62.1 Å². The Bertz CT molecular complexity index is 1340. The van der Waals surface area contributed by atoms with Crippen LogP contribution in [0, 0.1) is 6.92 Å². The first-order valence-corrected chi connectivity index (χ1v) is 9.41. The smallest absolute Gasteiger partial charge is 0.282 e. The van der Waals surface area contributed by atoms with Crippen molar-refractivity contribution in [1.82, 2.24) is 28.3 Å². The highest BCUT2D eigenvalue weighted by molar-refractivity contribution is 5.59. The maximum Gasteiger partial charge on any atom is 0.282 e. The number of hydrogen-bond donors (Lipinski definition) is 0. The molecule has 0 saturated carbocycles. The van der Waals surface area contributed by atoms with Gasteiger partial charge in [-0.3, -0.25) is 9.48 Å². The van der Waals surface area contributed by atoms with Gasteiger partial charge in [0, 0.05) is 37.5 Å². The Balaban J connectivity index is 1.60. The number of imidazole rings is 2. The quantitative estimate of drug-likeness (QED) is 0.478. The van der Waals surface area contributed by atoms with Gasteiger partial charge >= 0.3 is 0 Å². The lowest BCUT2D eigenvalue weighted by atomic mass is 10.2. The molecule has 144 valence electrons. The van der Waals surface area contributed by atoms with Crippen LogP contribution < -0.4 is 5.56 Å². The number of para-hydroxylation sites is 1. The van der Waals surface area contributed by atoms with Gasteiger partial charge in [-0.25, -0.2) is 14.6 Å². The van der Waals surface area contributed by atoms with Crippen LogP contribution in [0.4, 0.5) is 0 Å². The van der Waals surface area contributed by atoms with E-state index in [1.54, 1.807) is 10.9 Å². The Kier molecular flexibility index (Phi) is 3.94. The Morgan fingerprint density at radius 2 is 1.79 bits per heavy atom. The van der Waals surface area contributed by atoms with E-state index < -0.39 is 0 Å². The van der Waals surface area contributed by atoms with Crippen LogP contribution in [0.1, 0.15) is 11.4 Å². The minimum absolute atomic E-state index is 0.0846. The van der Waals surface area contributed by atoms with Crippen LogP contribution in [0.3, 0.4) is 0 Å². The number of rotatable bonds is 4. The number of hydrogen-bond acceptors (Lipinski definition) is 3. The second kappa shape index (κ2) is 6.63. The van der Waals surface area contributed by atoms with Crippen molar-refractivity contribution in [2.24, 2.45) is 7.05 Å². The first-order chi connectivity index (χ1) is 14.1. The summed E-state index contributed by atoms with van der Waals surface area (Å²) in [6.45, 7) is 2.48. The van der Waals surface area contributed by atoms with Crippen molar-refractivity contribution in [1.29, 1.82) is 0 Å². The summed E-state index contributed by atoms with van der Waals surface area (Å²) in [5, 5.41) is 0. The largest absolute Gasteiger partial charge is 0.325 e. The minimum atomic E-state index is -0.0846. The molecule has 0 aliphatic rings. The van der Waals surface area contributed by atoms with Gasteiger partial charge in [-0.15, -0.1) is 0 Å². The third-order valence-electron chi connectivity index (χ3n) is 5.24. The lowest BCUT2D eigenvalue weighted by Crippen LogP contribution is -2.20. The molecular formula is C22H20N6O. The van der Waals surface area contributed by atoms with Gasteiger partial charge in [-0.1, -0.05) is 24.3 Å². The van der Waals surface area contributed by atoms with Crippen molar-refractivity contribution >= 4 is 5.65 Å². The standard InChI is InChI=1S/C22H20N6O/c1-16-20(22(29)28(25(16)2)18-8-4-3-5-9-18)21-23-11-13-27(21)15-17-14-26-12-7-6-10-19(26)24-17/h3-14H,15H2,1-2H3. The predicted molar refractivity (Wildman–Crippen MR) is 111 cm³/mol. The van der Waals surface area contributed by atoms with Gasteiger partial charge < -0.3 is 8.97 Å². The fourth-order valence-corrected chi connectivity index (χ4v) is 3.73. The lowest BCUT2D eigenvalue weighted by Gasteiger charge is -2.07. The van der Waals surface area contributed by atoms with Crippen molar-refractivity contribution in [2.45, 2.75) is 13.5 Å². The number of nitrogens with zero attached hydrogens (tertiary/aromatic N) is 6. The van der Waals surface area contributed by atoms with E-state index in [-0.39, 0.29) is 5.56 Å². The van der Waals surface area contributed by atoms with Gasteiger partial charge in [0.15, 0.2) is 0 Å². The number of benzene rings is 1. The predicted octanol–water partition coefficient (Wildman–Crippen LogP) is 3.04. The third-order valence-corrected chi connectivity index (χ3v) is 5.24. The number of fused-ring (bicyclic) bond motifs is 1. The summed E-state index contributed by atoms with van der Waals surface area (Å²) in [6.07, 6.45) is 7.59. The van der Waals surface area contributed by atoms with E-state index in [1.807, 2.05) is 94.7 Å². The summed E-state index contributed by atoms with van der Waals surface area (Å²) in [4.78, 5) is 22.5. The van der Waals surface area contributed by atoms with E-state index in [1.165, 1.54) is 0 Å². The fourth-order valence-electron chi connectivity index (χ4n) is 3.73. The maximum absolute atomic E-state index is 13.3. The molecule has 1 aromatic carbocycles. The van der Waals surface area contributed by atoms with Gasteiger partial charge in [0.1, 0.15) is 17.0 Å². The average molecular weight is 384 g/mol. The van der Waals surface area contributed by atoms with Crippen LogP contribution >= 0.6 is 0 Å². The van der Waals surface area contributed by atoms with Crippen molar-refractivity contribution in [3.63, 3.8) is 0 Å². The summed E-state index contributed by atoms with van der Waals surface area (Å²) in [5.74, 6) is 0.648. The maximum atomic E-state index is 13.3. The monoisotopic (exact) mass is 384 g/mol. The molecule has 0 fully saturated rings. The molecule has 0 saturated heterocycles. The van der Waals surface area contributed by atoms with Crippen LogP contribution in [0.25, 0.3) is 22.7 Å². The van der Waals surface area contributed by atoms with Crippen molar-refractivity contribution in [3.8, 4) is 17.1 Å². The Morgan fingerprint density at radius 1 is 1.00 bits per heavy atom. The van der Waals surface area contributed by atoms with Gasteiger partial charge in [-0.2, -0.15) is 0 Å². The van der Waals surface area contributed by atoms with E-state index in [4.69, 9.17) is 0 Å². The summed E-state index contributed by atoms with van der Waals surface area (Å²) in [7, 11) is 1.89. The molecule has 5 rings (SSSR count). The van der Waals surface area contributed by atoms with Crippen LogP contribution in [0.5, 0.6) is 0 Å². The fraction of sp³-hybridized carbons (Fsp3) is 0.136. The third kappa shape index (κ3) is 2.79. The highest BCUT2D eigenvalue weighted by atomic mass is 16.1. The van der Waals surface area contributed by atoms with Crippen LogP contribution in [0.2, 0.25) is 0 Å². The molecule has 0 aliphatic heterocycles. The Labute approximate surface area is 167 Å². The van der Waals surface area contributed by atoms with Gasteiger partial charge in [0.25, 0.3) is 5.56 Å². The van der Waals surface area contributed by atoms with Crippen molar-refractivity contribution in [2.75, 3.05) is 0 Å². The van der Waals surface area contributed by atoms with E-state index in [0.29, 0.717) is 17.9 Å². The molecule has 0 aliphatic carbocycles. The molecule has 0 atom stereocenters. The van der Waals surface area contributed by atoms with Crippen molar-refractivity contribution < 1.29 is 0 Å². The Morgan fingerprint density at radius 3 is 2.59 bits per heavy atom. The van der Waals surface area contributed by atoms with E-state index in [2.05, 4.69) is 9.97 Å². The zero-order valence-electron chi connectivity index (χ0n) is 16.2. The molecule has 29 heavy (non-hydrogen) atoms. The second-order valence-electron chi connectivity index (χ2n) is 7.01. The first-order valence-electron chi connectivity index (χ1n) is 9.41. The molecule has 7 nitrogen and oxygen atoms in total. The van der Waals surface area contributed by atoms with E-state index in [9.17, 15) is 4.79 Å². The average Bonchev–Trinajstić information content (AvgIpc) is 3.40. The minimum Gasteiger partial charge on any atom is -0.325 e. The van der Waals surface area contributed by atoms with Gasteiger partial charge in [0.05, 0.1) is 17.9 Å². The molecule has 0 bridgehead atoms. The summed E-state index contributed by atoms with van der Waals surface area (Å²) < 4.78 is 7.51. The zero-order chi connectivity index (χ0) is 20.0. The number of aromatic nitrogens is 6. The normalized spacial score (nSPS) is 11.4. The second-order valence-corrected chi connectivity index (χ2v) is 7.01.